The summed E-state index contributed by atoms with van der Waals surface area (Å²) in [5, 5.41) is 12.6. The minimum Gasteiger partial charge on any atom is -0.387 e. The molecular weight excluding hydrogens is 431 g/mol. The Morgan fingerprint density at radius 3 is 2.47 bits per heavy atom. The number of benzene rings is 1. The smallest absolute Gasteiger partial charge is 0.387 e. The van der Waals surface area contributed by atoms with Crippen LogP contribution in [0.15, 0.2) is 36.5 Å². The summed E-state index contributed by atoms with van der Waals surface area (Å²) >= 11 is 5.76. The van der Waals surface area contributed by atoms with E-state index in [0.717, 1.165) is 12.3 Å². The molecule has 1 fully saturated rings. The summed E-state index contributed by atoms with van der Waals surface area (Å²) in [6, 6.07) is 4.63. The first-order valence-corrected chi connectivity index (χ1v) is 9.54. The van der Waals surface area contributed by atoms with Crippen LogP contribution in [0, 0.1) is 5.82 Å². The fourth-order valence-corrected chi connectivity index (χ4v) is 3.91. The third-order valence-electron chi connectivity index (χ3n) is 5.22. The predicted octanol–water partition coefficient (Wildman–Crippen LogP) is 5.01. The maximum atomic E-state index is 14.5. The number of hydrogen-bond acceptors (Lipinski definition) is 3. The zero-order valence-corrected chi connectivity index (χ0v) is 16.3. The highest BCUT2D eigenvalue weighted by Crippen LogP contribution is 2.41. The molecule has 30 heavy (non-hydrogen) atoms. The molecule has 1 amide bonds. The van der Waals surface area contributed by atoms with E-state index in [9.17, 15) is 31.9 Å². The third-order valence-corrected chi connectivity index (χ3v) is 5.60. The van der Waals surface area contributed by atoms with Gasteiger partial charge in [-0.2, -0.15) is 13.2 Å². The summed E-state index contributed by atoms with van der Waals surface area (Å²) in [7, 11) is 0. The van der Waals surface area contributed by atoms with E-state index < -0.39 is 52.0 Å². The number of nitrogens with zero attached hydrogens (tertiary/aromatic N) is 1. The number of aromatic nitrogens is 1. The van der Waals surface area contributed by atoms with Crippen molar-refractivity contribution in [2.45, 2.75) is 49.7 Å². The van der Waals surface area contributed by atoms with Gasteiger partial charge < -0.3 is 10.4 Å². The van der Waals surface area contributed by atoms with Crippen LogP contribution in [0.2, 0.25) is 5.02 Å². The number of carbonyl (C=O) groups excluding carboxylic acids is 1. The van der Waals surface area contributed by atoms with Gasteiger partial charge in [-0.15, -0.1) is 0 Å². The van der Waals surface area contributed by atoms with Crippen LogP contribution in [0.25, 0.3) is 0 Å². The molecule has 0 aliphatic heterocycles. The van der Waals surface area contributed by atoms with Crippen LogP contribution in [0.4, 0.5) is 22.0 Å². The van der Waals surface area contributed by atoms with Crippen molar-refractivity contribution >= 4 is 17.5 Å². The first kappa shape index (κ1) is 22.4. The molecule has 3 rings (SSSR count). The minimum absolute atomic E-state index is 0.000111. The first-order valence-electron chi connectivity index (χ1n) is 9.16. The highest BCUT2D eigenvalue weighted by molar-refractivity contribution is 6.34. The molecule has 0 saturated heterocycles. The van der Waals surface area contributed by atoms with Crippen molar-refractivity contribution in [2.75, 3.05) is 0 Å². The molecule has 2 aromatic rings. The predicted molar refractivity (Wildman–Crippen MR) is 99.2 cm³/mol. The fraction of sp³-hybridized carbons (Fsp3) is 0.400. The maximum Gasteiger partial charge on any atom is 0.417 e. The van der Waals surface area contributed by atoms with E-state index in [1.165, 1.54) is 18.2 Å². The first-order chi connectivity index (χ1) is 14.0. The number of alkyl halides is 4. The molecule has 1 aliphatic rings. The normalized spacial score (nSPS) is 23.1. The number of rotatable bonds is 4. The van der Waals surface area contributed by atoms with Crippen molar-refractivity contribution in [3.05, 3.63) is 64.2 Å². The summed E-state index contributed by atoms with van der Waals surface area (Å²) in [4.78, 5) is 16.4. The van der Waals surface area contributed by atoms with Crippen molar-refractivity contribution < 1.29 is 31.9 Å². The number of carbonyl (C=O) groups is 1. The Bertz CT molecular complexity index is 930. The molecule has 0 spiro atoms. The largest absolute Gasteiger partial charge is 0.417 e. The van der Waals surface area contributed by atoms with Crippen molar-refractivity contribution in [3.8, 4) is 0 Å². The van der Waals surface area contributed by atoms with E-state index in [1.54, 1.807) is 0 Å². The Morgan fingerprint density at radius 2 is 1.87 bits per heavy atom. The van der Waals surface area contributed by atoms with Crippen LogP contribution in [0.1, 0.15) is 53.3 Å². The molecule has 1 aromatic carbocycles. The van der Waals surface area contributed by atoms with Gasteiger partial charge in [0.1, 0.15) is 17.7 Å². The molecule has 0 bridgehead atoms. The van der Waals surface area contributed by atoms with E-state index >= 15 is 0 Å². The summed E-state index contributed by atoms with van der Waals surface area (Å²) in [6.07, 6.45) is -5.31. The SMILES string of the molecule is O=C(NC(c1ccccc1F)[C@]1(O)CC[C@@H](F)CC1)c1nccc(C(F)(F)F)c1Cl. The van der Waals surface area contributed by atoms with Crippen LogP contribution in [0.3, 0.4) is 0 Å². The van der Waals surface area contributed by atoms with Crippen LogP contribution in [0.5, 0.6) is 0 Å². The van der Waals surface area contributed by atoms with E-state index in [4.69, 9.17) is 11.6 Å². The zero-order chi connectivity index (χ0) is 22.1. The summed E-state index contributed by atoms with van der Waals surface area (Å²) < 4.78 is 67.3. The maximum absolute atomic E-state index is 14.5. The number of nitrogens with one attached hydrogen (secondary N) is 1. The Kier molecular flexibility index (Phi) is 6.33. The molecule has 10 heteroatoms. The second-order valence-electron chi connectivity index (χ2n) is 7.23. The quantitative estimate of drug-likeness (QED) is 0.646. The highest BCUT2D eigenvalue weighted by Gasteiger charge is 2.44. The van der Waals surface area contributed by atoms with Crippen molar-refractivity contribution in [3.63, 3.8) is 0 Å². The van der Waals surface area contributed by atoms with E-state index in [2.05, 4.69) is 10.3 Å². The summed E-state index contributed by atoms with van der Waals surface area (Å²) in [6.45, 7) is 0. The molecule has 1 atom stereocenters. The zero-order valence-electron chi connectivity index (χ0n) is 15.5. The molecular formula is C20H18ClF5N2O2. The lowest BCUT2D eigenvalue weighted by Gasteiger charge is -2.40. The number of pyridine rings is 1. The van der Waals surface area contributed by atoms with Gasteiger partial charge in [-0.05, 0) is 37.8 Å². The van der Waals surface area contributed by atoms with Gasteiger partial charge in [0.2, 0.25) is 0 Å². The van der Waals surface area contributed by atoms with E-state index in [1.807, 2.05) is 0 Å². The van der Waals surface area contributed by atoms with Crippen LogP contribution < -0.4 is 5.32 Å². The molecule has 1 unspecified atom stereocenters. The minimum atomic E-state index is -4.81. The molecule has 1 saturated carbocycles. The van der Waals surface area contributed by atoms with Gasteiger partial charge >= 0.3 is 6.18 Å². The van der Waals surface area contributed by atoms with Gasteiger partial charge in [-0.3, -0.25) is 4.79 Å². The fourth-order valence-electron chi connectivity index (χ4n) is 3.60. The van der Waals surface area contributed by atoms with Crippen molar-refractivity contribution in [1.29, 1.82) is 0 Å². The van der Waals surface area contributed by atoms with Crippen molar-refractivity contribution in [1.82, 2.24) is 10.3 Å². The van der Waals surface area contributed by atoms with Gasteiger partial charge in [0, 0.05) is 11.8 Å². The average molecular weight is 449 g/mol. The lowest BCUT2D eigenvalue weighted by atomic mass is 9.76. The van der Waals surface area contributed by atoms with Gasteiger partial charge in [0.25, 0.3) is 5.91 Å². The van der Waals surface area contributed by atoms with Crippen LogP contribution in [-0.4, -0.2) is 27.8 Å². The number of halogens is 6. The number of amides is 1. The van der Waals surface area contributed by atoms with Gasteiger partial charge in [-0.1, -0.05) is 29.8 Å². The monoisotopic (exact) mass is 448 g/mol. The molecule has 1 aromatic heterocycles. The lowest BCUT2D eigenvalue weighted by Crippen LogP contribution is -2.49. The molecule has 0 radical (unpaired) electrons. The van der Waals surface area contributed by atoms with Gasteiger partial charge in [0.15, 0.2) is 0 Å². The summed E-state index contributed by atoms with van der Waals surface area (Å²) in [5.74, 6) is -1.85. The standard InChI is InChI=1S/C20H18ClF5N2O2/c21-15-13(20(24,25)26)7-10-27-16(15)18(29)28-17(12-3-1-2-4-14(12)23)19(30)8-5-11(22)6-9-19/h1-4,7,10-11,17,30H,5-6,8-9H2,(H,28,29)/t11-,17?,19+. The topological polar surface area (TPSA) is 62.2 Å². The van der Waals surface area contributed by atoms with E-state index in [0.29, 0.717) is 6.07 Å². The second-order valence-corrected chi connectivity index (χ2v) is 7.60. The van der Waals surface area contributed by atoms with Gasteiger partial charge in [0.05, 0.1) is 22.2 Å². The number of hydrogen-bond donors (Lipinski definition) is 2. The Hall–Kier alpha value is -2.26. The van der Waals surface area contributed by atoms with Crippen molar-refractivity contribution in [2.24, 2.45) is 0 Å². The number of aliphatic hydroxyl groups is 1. The summed E-state index contributed by atoms with van der Waals surface area (Å²) in [5.41, 5.74) is -3.73. The molecule has 4 nitrogen and oxygen atoms in total. The van der Waals surface area contributed by atoms with Gasteiger partial charge in [-0.25, -0.2) is 13.8 Å². The van der Waals surface area contributed by atoms with Crippen LogP contribution in [-0.2, 0) is 6.18 Å². The molecule has 1 aliphatic carbocycles. The van der Waals surface area contributed by atoms with E-state index in [-0.39, 0.29) is 31.2 Å². The Balaban J connectivity index is 1.98. The Morgan fingerprint density at radius 1 is 1.23 bits per heavy atom. The van der Waals surface area contributed by atoms with Crippen LogP contribution >= 0.6 is 11.6 Å². The molecule has 1 heterocycles. The Labute approximate surface area is 174 Å². The lowest BCUT2D eigenvalue weighted by molar-refractivity contribution is -0.137. The average Bonchev–Trinajstić information content (AvgIpc) is 2.68. The molecule has 162 valence electrons. The molecule has 2 N–H and O–H groups in total. The highest BCUT2D eigenvalue weighted by atomic mass is 35.5. The third kappa shape index (κ3) is 4.57. The second kappa shape index (κ2) is 8.47.